The van der Waals surface area contributed by atoms with E-state index < -0.39 is 17.8 Å². The number of ether oxygens (including phenoxy) is 2. The van der Waals surface area contributed by atoms with Crippen molar-refractivity contribution in [2.75, 3.05) is 22.6 Å². The van der Waals surface area contributed by atoms with E-state index in [0.29, 0.717) is 40.7 Å². The van der Waals surface area contributed by atoms with Gasteiger partial charge in [-0.15, -0.1) is 0 Å². The van der Waals surface area contributed by atoms with Gasteiger partial charge in [0, 0.05) is 11.4 Å². The minimum Gasteiger partial charge on any atom is -0.494 e. The Bertz CT molecular complexity index is 1270. The summed E-state index contributed by atoms with van der Waals surface area (Å²) in [6.07, 6.45) is 0. The van der Waals surface area contributed by atoms with Crippen molar-refractivity contribution in [2.45, 2.75) is 6.92 Å². The van der Waals surface area contributed by atoms with E-state index in [4.69, 9.17) is 26.8 Å². The molecular formula is C25H20ClN3O5. The zero-order chi connectivity index (χ0) is 24.2. The fourth-order valence-electron chi connectivity index (χ4n) is 3.24. The van der Waals surface area contributed by atoms with Crippen LogP contribution in [-0.4, -0.2) is 24.4 Å². The van der Waals surface area contributed by atoms with Crippen LogP contribution in [0.15, 0.2) is 83.5 Å². The number of anilines is 3. The summed E-state index contributed by atoms with van der Waals surface area (Å²) in [5.41, 5.74) is 7.26. The van der Waals surface area contributed by atoms with E-state index in [-0.39, 0.29) is 10.7 Å². The van der Waals surface area contributed by atoms with Crippen molar-refractivity contribution in [3.63, 3.8) is 0 Å². The average molecular weight is 478 g/mol. The highest BCUT2D eigenvalue weighted by atomic mass is 35.5. The predicted molar refractivity (Wildman–Crippen MR) is 129 cm³/mol. The van der Waals surface area contributed by atoms with Gasteiger partial charge in [-0.25, -0.2) is 9.69 Å². The maximum Gasteiger partial charge on any atom is 0.343 e. The summed E-state index contributed by atoms with van der Waals surface area (Å²) in [4.78, 5) is 38.9. The number of nitrogens with one attached hydrogen (secondary N) is 1. The molecule has 3 N–H and O–H groups in total. The average Bonchev–Trinajstić information content (AvgIpc) is 3.05. The molecule has 172 valence electrons. The fraction of sp³-hybridized carbons (Fsp3) is 0.0800. The molecule has 0 saturated carbocycles. The maximum atomic E-state index is 12.9. The minimum absolute atomic E-state index is 0.0576. The van der Waals surface area contributed by atoms with E-state index >= 15 is 0 Å². The second kappa shape index (κ2) is 9.68. The SMILES string of the molecule is CCOc1ccc(N2C(=O)C(Cl)=C(Nc3ccc(C(=O)Oc4ccc(N)cc4)cc3)C2=O)cc1. The van der Waals surface area contributed by atoms with Crippen molar-refractivity contribution < 1.29 is 23.9 Å². The summed E-state index contributed by atoms with van der Waals surface area (Å²) in [7, 11) is 0. The molecule has 0 bridgehead atoms. The predicted octanol–water partition coefficient (Wildman–Crippen LogP) is 4.32. The highest BCUT2D eigenvalue weighted by molar-refractivity contribution is 6.53. The van der Waals surface area contributed by atoms with Gasteiger partial charge < -0.3 is 20.5 Å². The number of carbonyl (C=O) groups excluding carboxylic acids is 3. The number of halogens is 1. The molecule has 1 aliphatic rings. The zero-order valence-corrected chi connectivity index (χ0v) is 18.8. The first-order valence-electron chi connectivity index (χ1n) is 10.3. The number of benzene rings is 3. The molecule has 0 radical (unpaired) electrons. The van der Waals surface area contributed by atoms with Gasteiger partial charge in [-0.3, -0.25) is 9.59 Å². The Morgan fingerprint density at radius 1 is 0.912 bits per heavy atom. The summed E-state index contributed by atoms with van der Waals surface area (Å²) >= 11 is 6.18. The molecule has 2 amide bonds. The van der Waals surface area contributed by atoms with E-state index in [1.807, 2.05) is 6.92 Å². The van der Waals surface area contributed by atoms with E-state index in [2.05, 4.69) is 5.32 Å². The number of esters is 1. The Balaban J connectivity index is 1.45. The van der Waals surface area contributed by atoms with Crippen LogP contribution in [0.2, 0.25) is 0 Å². The van der Waals surface area contributed by atoms with Gasteiger partial charge >= 0.3 is 5.97 Å². The Morgan fingerprint density at radius 3 is 2.15 bits per heavy atom. The minimum atomic E-state index is -0.637. The van der Waals surface area contributed by atoms with E-state index in [0.717, 1.165) is 4.90 Å². The van der Waals surface area contributed by atoms with Crippen LogP contribution in [-0.2, 0) is 9.59 Å². The first kappa shape index (κ1) is 22.9. The van der Waals surface area contributed by atoms with Crippen LogP contribution < -0.4 is 25.4 Å². The van der Waals surface area contributed by atoms with Crippen molar-refractivity contribution in [3.05, 3.63) is 89.1 Å². The van der Waals surface area contributed by atoms with Gasteiger partial charge in [-0.1, -0.05) is 11.6 Å². The van der Waals surface area contributed by atoms with Crippen molar-refractivity contribution in [1.82, 2.24) is 0 Å². The second-order valence-corrected chi connectivity index (χ2v) is 7.60. The highest BCUT2D eigenvalue weighted by Gasteiger charge is 2.39. The first-order valence-corrected chi connectivity index (χ1v) is 10.7. The standard InChI is InChI=1S/C25H20ClN3O5/c1-2-33-19-13-9-18(10-14-19)29-23(30)21(26)22(24(29)31)28-17-7-3-15(4-8-17)25(32)34-20-11-5-16(27)6-12-20/h3-14,28H,2,27H2,1H3. The molecule has 0 fully saturated rings. The van der Waals surface area contributed by atoms with Crippen molar-refractivity contribution in [2.24, 2.45) is 0 Å². The van der Waals surface area contributed by atoms with Gasteiger partial charge in [0.05, 0.1) is 17.9 Å². The van der Waals surface area contributed by atoms with Crippen LogP contribution in [0.1, 0.15) is 17.3 Å². The number of nitrogen functional groups attached to an aromatic ring is 1. The van der Waals surface area contributed by atoms with Crippen LogP contribution in [0.3, 0.4) is 0 Å². The lowest BCUT2D eigenvalue weighted by molar-refractivity contribution is -0.120. The molecule has 0 saturated heterocycles. The van der Waals surface area contributed by atoms with E-state index in [1.165, 1.54) is 12.1 Å². The third-order valence-corrected chi connectivity index (χ3v) is 5.26. The summed E-state index contributed by atoms with van der Waals surface area (Å²) < 4.78 is 10.7. The molecule has 9 heteroatoms. The molecule has 0 aliphatic carbocycles. The number of carbonyl (C=O) groups is 3. The second-order valence-electron chi connectivity index (χ2n) is 7.22. The molecule has 34 heavy (non-hydrogen) atoms. The first-order chi connectivity index (χ1) is 16.4. The normalized spacial score (nSPS) is 13.3. The van der Waals surface area contributed by atoms with E-state index in [9.17, 15) is 14.4 Å². The molecule has 0 aromatic heterocycles. The molecule has 3 aromatic carbocycles. The third-order valence-electron chi connectivity index (χ3n) is 4.91. The molecule has 0 atom stereocenters. The number of hydrogen-bond acceptors (Lipinski definition) is 7. The maximum absolute atomic E-state index is 12.9. The third kappa shape index (κ3) is 4.72. The number of rotatable bonds is 7. The summed E-state index contributed by atoms with van der Waals surface area (Å²) in [6.45, 7) is 2.36. The number of imide groups is 1. The molecule has 4 rings (SSSR count). The smallest absolute Gasteiger partial charge is 0.343 e. The van der Waals surface area contributed by atoms with Gasteiger partial charge in [-0.05, 0) is 79.7 Å². The van der Waals surface area contributed by atoms with Crippen LogP contribution in [0, 0.1) is 0 Å². The fourth-order valence-corrected chi connectivity index (χ4v) is 3.45. The molecule has 3 aromatic rings. The largest absolute Gasteiger partial charge is 0.494 e. The summed E-state index contributed by atoms with van der Waals surface area (Å²) in [5.74, 6) is -0.795. The van der Waals surface area contributed by atoms with Crippen LogP contribution >= 0.6 is 11.6 Å². The van der Waals surface area contributed by atoms with Gasteiger partial charge in [-0.2, -0.15) is 0 Å². The van der Waals surface area contributed by atoms with Crippen molar-refractivity contribution in [1.29, 1.82) is 0 Å². The monoisotopic (exact) mass is 477 g/mol. The lowest BCUT2D eigenvalue weighted by Crippen LogP contribution is -2.32. The number of nitrogens with two attached hydrogens (primary N) is 1. The number of hydrogen-bond donors (Lipinski definition) is 2. The topological polar surface area (TPSA) is 111 Å². The summed E-state index contributed by atoms with van der Waals surface area (Å²) in [6, 6.07) is 19.2. The van der Waals surface area contributed by atoms with Crippen LogP contribution in [0.5, 0.6) is 11.5 Å². The molecule has 0 unspecified atom stereocenters. The molecule has 1 heterocycles. The van der Waals surface area contributed by atoms with Gasteiger partial charge in [0.25, 0.3) is 11.8 Å². The highest BCUT2D eigenvalue weighted by Crippen LogP contribution is 2.31. The molecule has 0 spiro atoms. The lowest BCUT2D eigenvalue weighted by Gasteiger charge is -2.15. The quantitative estimate of drug-likeness (QED) is 0.225. The zero-order valence-electron chi connectivity index (χ0n) is 18.1. The molecular weight excluding hydrogens is 458 g/mol. The summed E-state index contributed by atoms with van der Waals surface area (Å²) in [5, 5.41) is 2.64. The Kier molecular flexibility index (Phi) is 6.51. The van der Waals surface area contributed by atoms with Gasteiger partial charge in [0.2, 0.25) is 0 Å². The number of nitrogens with zero attached hydrogens (tertiary/aromatic N) is 1. The van der Waals surface area contributed by atoms with Gasteiger partial charge in [0.1, 0.15) is 22.2 Å². The van der Waals surface area contributed by atoms with Crippen LogP contribution in [0.25, 0.3) is 0 Å². The van der Waals surface area contributed by atoms with Crippen molar-refractivity contribution >= 4 is 46.4 Å². The molecule has 8 nitrogen and oxygen atoms in total. The lowest BCUT2D eigenvalue weighted by atomic mass is 10.2. The van der Waals surface area contributed by atoms with E-state index in [1.54, 1.807) is 60.7 Å². The van der Waals surface area contributed by atoms with Gasteiger partial charge in [0.15, 0.2) is 0 Å². The van der Waals surface area contributed by atoms with Crippen LogP contribution in [0.4, 0.5) is 17.1 Å². The van der Waals surface area contributed by atoms with Crippen molar-refractivity contribution in [3.8, 4) is 11.5 Å². The Morgan fingerprint density at radius 2 is 1.53 bits per heavy atom. The molecule has 1 aliphatic heterocycles. The Labute approximate surface area is 200 Å². The number of amides is 2. The Hall–Kier alpha value is -4.30.